The van der Waals surface area contributed by atoms with E-state index >= 15 is 0 Å². The van der Waals surface area contributed by atoms with Crippen molar-refractivity contribution < 1.29 is 0 Å². The minimum atomic E-state index is 0.992. The predicted octanol–water partition coefficient (Wildman–Crippen LogP) is 8.91. The van der Waals surface area contributed by atoms with Gasteiger partial charge in [-0.2, -0.15) is 0 Å². The number of fused-ring (bicyclic) bond motifs is 3. The maximum Gasteiger partial charge on any atom is 0.0715 e. The van der Waals surface area contributed by atoms with Gasteiger partial charge in [-0.05, 0) is 72.7 Å². The van der Waals surface area contributed by atoms with Gasteiger partial charge in [0.1, 0.15) is 0 Å². The Balaban J connectivity index is 1.41. The molecule has 0 aliphatic heterocycles. The zero-order valence-electron chi connectivity index (χ0n) is 20.8. The molecule has 0 N–H and O–H groups in total. The number of aromatic nitrogens is 2. The zero-order valence-corrected chi connectivity index (χ0v) is 20.8. The van der Waals surface area contributed by atoms with Gasteiger partial charge in [0, 0.05) is 27.9 Å². The lowest BCUT2D eigenvalue weighted by Crippen LogP contribution is -2.07. The number of rotatable bonds is 4. The van der Waals surface area contributed by atoms with Crippen LogP contribution in [-0.2, 0) is 12.8 Å². The first-order valence-corrected chi connectivity index (χ1v) is 13.2. The summed E-state index contributed by atoms with van der Waals surface area (Å²) < 4.78 is 2.50. The molecule has 0 bridgehead atoms. The van der Waals surface area contributed by atoms with Crippen molar-refractivity contribution in [1.82, 2.24) is 9.55 Å². The molecule has 0 radical (unpaired) electrons. The lowest BCUT2D eigenvalue weighted by molar-refractivity contribution is 0.667. The van der Waals surface area contributed by atoms with Crippen molar-refractivity contribution in [2.45, 2.75) is 25.7 Å². The van der Waals surface area contributed by atoms with E-state index < -0.39 is 0 Å². The van der Waals surface area contributed by atoms with E-state index in [0.29, 0.717) is 0 Å². The molecule has 0 fully saturated rings. The van der Waals surface area contributed by atoms with Crippen molar-refractivity contribution in [3.8, 4) is 39.3 Å². The largest absolute Gasteiger partial charge is 0.313 e. The van der Waals surface area contributed by atoms with E-state index in [0.717, 1.165) is 28.9 Å². The van der Waals surface area contributed by atoms with Gasteiger partial charge >= 0.3 is 0 Å². The smallest absolute Gasteiger partial charge is 0.0715 e. The lowest BCUT2D eigenvalue weighted by atomic mass is 9.95. The monoisotopic (exact) mass is 476 g/mol. The second kappa shape index (κ2) is 9.22. The molecule has 0 spiro atoms. The molecular formula is C35H28N2. The summed E-state index contributed by atoms with van der Waals surface area (Å²) in [5.41, 5.74) is 12.2. The second-order valence-electron chi connectivity index (χ2n) is 9.89. The highest BCUT2D eigenvalue weighted by atomic mass is 15.0. The van der Waals surface area contributed by atoms with Crippen LogP contribution in [0.1, 0.15) is 24.1 Å². The molecule has 178 valence electrons. The first-order valence-electron chi connectivity index (χ1n) is 13.2. The second-order valence-corrected chi connectivity index (χ2v) is 9.89. The van der Waals surface area contributed by atoms with Gasteiger partial charge in [0.05, 0.1) is 16.9 Å². The molecule has 0 saturated carbocycles. The number of hydrogen-bond donors (Lipinski definition) is 0. The molecule has 0 unspecified atom stereocenters. The predicted molar refractivity (Wildman–Crippen MR) is 154 cm³/mol. The molecule has 2 nitrogen and oxygen atoms in total. The molecule has 2 heteroatoms. The first-order chi connectivity index (χ1) is 18.3. The number of hydrogen-bond acceptors (Lipinski definition) is 1. The fourth-order valence-electron chi connectivity index (χ4n) is 5.83. The zero-order chi connectivity index (χ0) is 24.6. The van der Waals surface area contributed by atoms with E-state index in [9.17, 15) is 0 Å². The Labute approximate surface area is 217 Å². The average Bonchev–Trinajstić information content (AvgIpc) is 3.32. The van der Waals surface area contributed by atoms with Gasteiger partial charge in [-0.25, -0.2) is 4.98 Å². The number of nitrogens with zero attached hydrogens (tertiary/aromatic N) is 2. The molecule has 6 aromatic rings. The Hall–Kier alpha value is -4.43. The molecular weight excluding hydrogens is 448 g/mol. The van der Waals surface area contributed by atoms with Gasteiger partial charge < -0.3 is 4.57 Å². The van der Waals surface area contributed by atoms with E-state index in [1.54, 1.807) is 0 Å². The van der Waals surface area contributed by atoms with Crippen LogP contribution >= 0.6 is 0 Å². The maximum absolute atomic E-state index is 5.07. The quantitative estimate of drug-likeness (QED) is 0.248. The van der Waals surface area contributed by atoms with Crippen molar-refractivity contribution in [2.75, 3.05) is 0 Å². The Bertz CT molecular complexity index is 1650. The third-order valence-corrected chi connectivity index (χ3v) is 7.58. The third kappa shape index (κ3) is 3.95. The number of benzene rings is 4. The molecule has 37 heavy (non-hydrogen) atoms. The molecule has 4 aromatic carbocycles. The van der Waals surface area contributed by atoms with Crippen LogP contribution in [0.25, 0.3) is 50.2 Å². The van der Waals surface area contributed by atoms with Crippen molar-refractivity contribution in [3.05, 3.63) is 133 Å². The van der Waals surface area contributed by atoms with Gasteiger partial charge in [-0.15, -0.1) is 0 Å². The summed E-state index contributed by atoms with van der Waals surface area (Å²) in [7, 11) is 0. The highest BCUT2D eigenvalue weighted by molar-refractivity contribution is 5.88. The van der Waals surface area contributed by atoms with Gasteiger partial charge in [0.2, 0.25) is 0 Å². The van der Waals surface area contributed by atoms with Crippen LogP contribution in [0, 0.1) is 0 Å². The third-order valence-electron chi connectivity index (χ3n) is 7.58. The van der Waals surface area contributed by atoms with Crippen molar-refractivity contribution in [2.24, 2.45) is 0 Å². The highest BCUT2D eigenvalue weighted by Crippen LogP contribution is 2.36. The summed E-state index contributed by atoms with van der Waals surface area (Å²) in [4.78, 5) is 5.07. The van der Waals surface area contributed by atoms with Gasteiger partial charge in [0.25, 0.3) is 0 Å². The Morgan fingerprint density at radius 3 is 1.86 bits per heavy atom. The average molecular weight is 477 g/mol. The fraction of sp³-hybridized carbons (Fsp3) is 0.114. The molecule has 2 aromatic heterocycles. The van der Waals surface area contributed by atoms with Gasteiger partial charge in [-0.1, -0.05) is 91.0 Å². The molecule has 1 aliphatic rings. The first kappa shape index (κ1) is 21.8. The molecule has 7 rings (SSSR count). The minimum absolute atomic E-state index is 0.992. The molecule has 1 aliphatic carbocycles. The van der Waals surface area contributed by atoms with E-state index in [4.69, 9.17) is 4.98 Å². The van der Waals surface area contributed by atoms with Crippen LogP contribution in [0.15, 0.2) is 121 Å². The van der Waals surface area contributed by atoms with E-state index in [1.165, 1.54) is 58.2 Å². The molecule has 0 amide bonds. The summed E-state index contributed by atoms with van der Waals surface area (Å²) in [6, 6.07) is 43.3. The SMILES string of the molecule is c1ccc(-c2cc(-c3cccc(-n4c5c(c6ccccc64)CCCC5)c3)cc(-c3ccccc3)n2)cc1. The number of para-hydroxylation sites is 1. The van der Waals surface area contributed by atoms with Crippen LogP contribution in [0.5, 0.6) is 0 Å². The van der Waals surface area contributed by atoms with Crippen LogP contribution in [0.3, 0.4) is 0 Å². The van der Waals surface area contributed by atoms with Crippen LogP contribution in [0.4, 0.5) is 0 Å². The standard InChI is InChI=1S/C35H28N2/c1-3-12-25(13-4-1)32-23-28(24-33(36-32)26-14-5-2-6-15-26)27-16-11-17-29(22-27)37-34-20-9-7-18-30(34)31-19-8-10-21-35(31)37/h1-7,9,11-18,20,22-24H,8,10,19,21H2. The summed E-state index contributed by atoms with van der Waals surface area (Å²) in [5, 5.41) is 1.41. The fourth-order valence-corrected chi connectivity index (χ4v) is 5.83. The van der Waals surface area contributed by atoms with Crippen molar-refractivity contribution >= 4 is 10.9 Å². The van der Waals surface area contributed by atoms with Gasteiger partial charge in [-0.3, -0.25) is 0 Å². The van der Waals surface area contributed by atoms with Crippen LogP contribution in [0.2, 0.25) is 0 Å². The maximum atomic E-state index is 5.07. The summed E-state index contributed by atoms with van der Waals surface area (Å²) in [5.74, 6) is 0. The summed E-state index contributed by atoms with van der Waals surface area (Å²) >= 11 is 0. The molecule has 0 atom stereocenters. The lowest BCUT2D eigenvalue weighted by Gasteiger charge is -2.17. The summed E-state index contributed by atoms with van der Waals surface area (Å²) in [6.07, 6.45) is 4.85. The van der Waals surface area contributed by atoms with Crippen molar-refractivity contribution in [3.63, 3.8) is 0 Å². The minimum Gasteiger partial charge on any atom is -0.313 e. The topological polar surface area (TPSA) is 17.8 Å². The molecule has 0 saturated heterocycles. The van der Waals surface area contributed by atoms with Crippen LogP contribution < -0.4 is 0 Å². The Kier molecular flexibility index (Phi) is 5.44. The van der Waals surface area contributed by atoms with Crippen molar-refractivity contribution in [1.29, 1.82) is 0 Å². The highest BCUT2D eigenvalue weighted by Gasteiger charge is 2.21. The molecule has 2 heterocycles. The normalized spacial score (nSPS) is 13.0. The Morgan fingerprint density at radius 1 is 0.514 bits per heavy atom. The van der Waals surface area contributed by atoms with Crippen LogP contribution in [-0.4, -0.2) is 9.55 Å². The number of pyridine rings is 1. The van der Waals surface area contributed by atoms with E-state index in [1.807, 2.05) is 0 Å². The van der Waals surface area contributed by atoms with E-state index in [2.05, 4.69) is 126 Å². The number of aryl methyl sites for hydroxylation is 1. The van der Waals surface area contributed by atoms with E-state index in [-0.39, 0.29) is 0 Å². The summed E-state index contributed by atoms with van der Waals surface area (Å²) in [6.45, 7) is 0. The van der Waals surface area contributed by atoms with Gasteiger partial charge in [0.15, 0.2) is 0 Å². The Morgan fingerprint density at radius 2 is 1.14 bits per heavy atom.